The third kappa shape index (κ3) is 3.73. The Labute approximate surface area is 178 Å². The summed E-state index contributed by atoms with van der Waals surface area (Å²) >= 11 is 1.33. The third-order valence-electron chi connectivity index (χ3n) is 5.44. The monoisotopic (exact) mass is 418 g/mol. The fourth-order valence-corrected chi connectivity index (χ4v) is 4.84. The molecule has 0 radical (unpaired) electrons. The molecule has 1 amide bonds. The highest BCUT2D eigenvalue weighted by atomic mass is 32.2. The summed E-state index contributed by atoms with van der Waals surface area (Å²) in [7, 11) is 0. The van der Waals surface area contributed by atoms with Gasteiger partial charge in [-0.15, -0.1) is 10.2 Å². The number of nitrogens with one attached hydrogen (secondary N) is 1. The van der Waals surface area contributed by atoms with Crippen molar-refractivity contribution in [3.05, 3.63) is 66.4 Å². The van der Waals surface area contributed by atoms with Crippen LogP contribution >= 0.6 is 11.8 Å². The number of para-hydroxylation sites is 1. The lowest BCUT2D eigenvalue weighted by atomic mass is 10.1. The van der Waals surface area contributed by atoms with E-state index in [-0.39, 0.29) is 5.91 Å². The van der Waals surface area contributed by atoms with Gasteiger partial charge in [0.25, 0.3) is 11.1 Å². The summed E-state index contributed by atoms with van der Waals surface area (Å²) in [6.45, 7) is 1.63. The second kappa shape index (κ2) is 8.36. The molecule has 1 N–H and O–H groups in total. The van der Waals surface area contributed by atoms with Gasteiger partial charge < -0.3 is 14.3 Å². The van der Waals surface area contributed by atoms with Crippen LogP contribution in [0.5, 0.6) is 0 Å². The average Bonchev–Trinajstić information content (AvgIpc) is 3.45. The molecule has 3 heterocycles. The molecule has 1 fully saturated rings. The SMILES string of the molecule is O=C([C@H](Sc1nnc(-c2c[nH]c3ccccc23)o1)c1ccccc1)N1CCCCC1. The number of benzene rings is 2. The number of hydrogen-bond acceptors (Lipinski definition) is 5. The number of carbonyl (C=O) groups excluding carboxylic acids is 1. The summed E-state index contributed by atoms with van der Waals surface area (Å²) in [5, 5.41) is 9.50. The van der Waals surface area contributed by atoms with Gasteiger partial charge in [0.1, 0.15) is 5.25 Å². The molecule has 0 saturated carbocycles. The number of aromatic amines is 1. The smallest absolute Gasteiger partial charge is 0.277 e. The highest BCUT2D eigenvalue weighted by molar-refractivity contribution is 8.00. The summed E-state index contributed by atoms with van der Waals surface area (Å²) in [5.41, 5.74) is 2.83. The molecule has 0 unspecified atom stereocenters. The number of nitrogens with zero attached hydrogens (tertiary/aromatic N) is 3. The van der Waals surface area contributed by atoms with Gasteiger partial charge >= 0.3 is 0 Å². The lowest BCUT2D eigenvalue weighted by Gasteiger charge is -2.29. The van der Waals surface area contributed by atoms with Gasteiger partial charge in [-0.25, -0.2) is 0 Å². The van der Waals surface area contributed by atoms with Crippen LogP contribution < -0.4 is 0 Å². The van der Waals surface area contributed by atoms with Crippen molar-refractivity contribution in [3.63, 3.8) is 0 Å². The largest absolute Gasteiger partial charge is 0.411 e. The van der Waals surface area contributed by atoms with Crippen LogP contribution in [0.25, 0.3) is 22.4 Å². The molecule has 4 aromatic rings. The number of hydrogen-bond donors (Lipinski definition) is 1. The van der Waals surface area contributed by atoms with E-state index in [1.54, 1.807) is 0 Å². The van der Waals surface area contributed by atoms with Gasteiger partial charge in [-0.2, -0.15) is 0 Å². The molecular formula is C23H22N4O2S. The first-order valence-corrected chi connectivity index (χ1v) is 11.1. The number of amides is 1. The predicted octanol–water partition coefficient (Wildman–Crippen LogP) is 5.06. The molecule has 0 spiro atoms. The topological polar surface area (TPSA) is 75.0 Å². The second-order valence-electron chi connectivity index (χ2n) is 7.42. The third-order valence-corrected chi connectivity index (χ3v) is 6.52. The van der Waals surface area contributed by atoms with Gasteiger partial charge in [0.05, 0.1) is 5.56 Å². The zero-order valence-corrected chi connectivity index (χ0v) is 17.3. The van der Waals surface area contributed by atoms with Crippen molar-refractivity contribution in [1.29, 1.82) is 0 Å². The highest BCUT2D eigenvalue weighted by Gasteiger charge is 2.30. The van der Waals surface area contributed by atoms with Crippen LogP contribution in [0, 0.1) is 0 Å². The Hall–Kier alpha value is -3.06. The maximum atomic E-state index is 13.3. The maximum absolute atomic E-state index is 13.3. The average molecular weight is 419 g/mol. The molecule has 2 aromatic heterocycles. The minimum Gasteiger partial charge on any atom is -0.411 e. The van der Waals surface area contributed by atoms with Crippen molar-refractivity contribution in [1.82, 2.24) is 20.1 Å². The van der Waals surface area contributed by atoms with E-state index in [0.717, 1.165) is 48.0 Å². The number of aromatic nitrogens is 3. The van der Waals surface area contributed by atoms with Crippen LogP contribution in [-0.4, -0.2) is 39.1 Å². The van der Waals surface area contributed by atoms with Crippen LogP contribution in [0.3, 0.4) is 0 Å². The molecule has 0 aliphatic carbocycles. The van der Waals surface area contributed by atoms with Gasteiger partial charge in [-0.05, 0) is 42.7 Å². The fraction of sp³-hybridized carbons (Fsp3) is 0.261. The Kier molecular flexibility index (Phi) is 5.27. The quantitative estimate of drug-likeness (QED) is 0.458. The van der Waals surface area contributed by atoms with Gasteiger partial charge in [0, 0.05) is 30.2 Å². The van der Waals surface area contributed by atoms with E-state index in [0.29, 0.717) is 11.1 Å². The highest BCUT2D eigenvalue weighted by Crippen LogP contribution is 2.38. The Morgan fingerprint density at radius 2 is 1.77 bits per heavy atom. The molecule has 7 heteroatoms. The first kappa shape index (κ1) is 18.9. The van der Waals surface area contributed by atoms with Crippen LogP contribution in [0.2, 0.25) is 0 Å². The molecule has 1 aliphatic rings. The molecule has 6 nitrogen and oxygen atoms in total. The Morgan fingerprint density at radius 1 is 1.00 bits per heavy atom. The standard InChI is InChI=1S/C23H22N4O2S/c28-22(27-13-7-2-8-14-27)20(16-9-3-1-4-10-16)30-23-26-25-21(29-23)18-15-24-19-12-6-5-11-17(18)19/h1,3-6,9-12,15,20,24H,2,7-8,13-14H2/t20-/m1/s1. The predicted molar refractivity (Wildman–Crippen MR) is 117 cm³/mol. The normalized spacial score (nSPS) is 15.4. The number of carbonyl (C=O) groups is 1. The number of thioether (sulfide) groups is 1. The lowest BCUT2D eigenvalue weighted by Crippen LogP contribution is -2.38. The van der Waals surface area contributed by atoms with Crippen molar-refractivity contribution >= 4 is 28.6 Å². The van der Waals surface area contributed by atoms with Crippen LogP contribution in [-0.2, 0) is 4.79 Å². The summed E-state index contributed by atoms with van der Waals surface area (Å²) in [5.74, 6) is 0.560. The van der Waals surface area contributed by atoms with E-state index in [1.807, 2.05) is 65.7 Å². The molecule has 1 atom stereocenters. The first-order valence-electron chi connectivity index (χ1n) is 10.2. The minimum absolute atomic E-state index is 0.109. The molecule has 2 aromatic carbocycles. The molecule has 5 rings (SSSR count). The Bertz CT molecular complexity index is 1150. The molecular weight excluding hydrogens is 396 g/mol. The van der Waals surface area contributed by atoms with Crippen LogP contribution in [0.1, 0.15) is 30.1 Å². The van der Waals surface area contributed by atoms with E-state index in [2.05, 4.69) is 15.2 Å². The summed E-state index contributed by atoms with van der Waals surface area (Å²) < 4.78 is 5.98. The number of H-pyrrole nitrogens is 1. The number of likely N-dealkylation sites (tertiary alicyclic amines) is 1. The molecule has 1 saturated heterocycles. The first-order chi connectivity index (χ1) is 14.8. The molecule has 0 bridgehead atoms. The van der Waals surface area contributed by atoms with E-state index < -0.39 is 5.25 Å². The number of fused-ring (bicyclic) bond motifs is 1. The van der Waals surface area contributed by atoms with Gasteiger partial charge in [-0.3, -0.25) is 4.79 Å². The maximum Gasteiger partial charge on any atom is 0.277 e. The fourth-order valence-electron chi connectivity index (χ4n) is 3.88. The van der Waals surface area contributed by atoms with Crippen LogP contribution in [0.4, 0.5) is 0 Å². The van der Waals surface area contributed by atoms with Crippen molar-refractivity contribution in [2.75, 3.05) is 13.1 Å². The zero-order valence-electron chi connectivity index (χ0n) is 16.5. The zero-order chi connectivity index (χ0) is 20.3. The van der Waals surface area contributed by atoms with Crippen molar-refractivity contribution in [2.24, 2.45) is 0 Å². The molecule has 1 aliphatic heterocycles. The Morgan fingerprint density at radius 3 is 2.60 bits per heavy atom. The van der Waals surface area contributed by atoms with E-state index >= 15 is 0 Å². The number of piperidine rings is 1. The summed E-state index contributed by atoms with van der Waals surface area (Å²) in [6, 6.07) is 17.8. The van der Waals surface area contributed by atoms with Crippen molar-refractivity contribution in [3.8, 4) is 11.5 Å². The Balaban J connectivity index is 1.43. The molecule has 152 valence electrons. The van der Waals surface area contributed by atoms with E-state index in [9.17, 15) is 4.79 Å². The van der Waals surface area contributed by atoms with Gasteiger partial charge in [0.15, 0.2) is 0 Å². The lowest BCUT2D eigenvalue weighted by molar-refractivity contribution is -0.131. The van der Waals surface area contributed by atoms with Crippen molar-refractivity contribution in [2.45, 2.75) is 29.7 Å². The van der Waals surface area contributed by atoms with Crippen LogP contribution in [0.15, 0.2) is 70.4 Å². The van der Waals surface area contributed by atoms with Crippen molar-refractivity contribution < 1.29 is 9.21 Å². The summed E-state index contributed by atoms with van der Waals surface area (Å²) in [6.07, 6.45) is 5.18. The second-order valence-corrected chi connectivity index (χ2v) is 8.47. The molecule has 30 heavy (non-hydrogen) atoms. The van der Waals surface area contributed by atoms with E-state index in [1.165, 1.54) is 18.2 Å². The number of rotatable bonds is 5. The minimum atomic E-state index is -0.402. The van der Waals surface area contributed by atoms with Gasteiger partial charge in [-0.1, -0.05) is 48.5 Å². The van der Waals surface area contributed by atoms with Gasteiger partial charge in [0.2, 0.25) is 5.91 Å². The summed E-state index contributed by atoms with van der Waals surface area (Å²) in [4.78, 5) is 18.5. The van der Waals surface area contributed by atoms with E-state index in [4.69, 9.17) is 4.42 Å².